The summed E-state index contributed by atoms with van der Waals surface area (Å²) in [6.07, 6.45) is 4.50. The van der Waals surface area contributed by atoms with Gasteiger partial charge in [0.15, 0.2) is 11.5 Å². The molecule has 0 radical (unpaired) electrons. The maximum atomic E-state index is 13.9. The maximum Gasteiger partial charge on any atom is 0.322 e. The molecule has 4 aromatic rings. The molecule has 0 bridgehead atoms. The van der Waals surface area contributed by atoms with E-state index in [1.807, 2.05) is 79.5 Å². The quantitative estimate of drug-likeness (QED) is 0.236. The van der Waals surface area contributed by atoms with Gasteiger partial charge < -0.3 is 29.6 Å². The van der Waals surface area contributed by atoms with E-state index in [1.54, 1.807) is 19.1 Å². The van der Waals surface area contributed by atoms with Gasteiger partial charge in [-0.05, 0) is 73.6 Å². The molecule has 3 amide bonds. The molecule has 0 aliphatic heterocycles. The number of fused-ring (bicyclic) bond motifs is 1. The second-order valence-corrected chi connectivity index (χ2v) is 10.7. The highest BCUT2D eigenvalue weighted by Gasteiger charge is 2.35. The summed E-state index contributed by atoms with van der Waals surface area (Å²) in [4.78, 5) is 34.3. The largest absolute Gasteiger partial charge is 0.493 e. The number of anilines is 1. The molecule has 1 aliphatic carbocycles. The number of amides is 3. The van der Waals surface area contributed by atoms with Gasteiger partial charge in [-0.3, -0.25) is 4.79 Å². The highest BCUT2D eigenvalue weighted by atomic mass is 16.5. The van der Waals surface area contributed by atoms with Crippen molar-refractivity contribution in [2.75, 3.05) is 32.6 Å². The van der Waals surface area contributed by atoms with E-state index in [9.17, 15) is 9.59 Å². The number of carbonyl (C=O) groups is 2. The van der Waals surface area contributed by atoms with E-state index >= 15 is 0 Å². The van der Waals surface area contributed by atoms with E-state index in [4.69, 9.17) is 9.47 Å². The highest BCUT2D eigenvalue weighted by molar-refractivity contribution is 5.94. The van der Waals surface area contributed by atoms with Crippen molar-refractivity contribution in [2.24, 2.45) is 0 Å². The average Bonchev–Trinajstić information content (AvgIpc) is 3.74. The molecule has 0 atom stereocenters. The number of nitrogens with one attached hydrogen (secondary N) is 2. The maximum absolute atomic E-state index is 13.9. The molecule has 1 fully saturated rings. The summed E-state index contributed by atoms with van der Waals surface area (Å²) in [5.74, 6) is 1.15. The normalized spacial score (nSPS) is 12.7. The van der Waals surface area contributed by atoms with Crippen LogP contribution in [0.1, 0.15) is 35.1 Å². The van der Waals surface area contributed by atoms with Crippen molar-refractivity contribution >= 4 is 28.5 Å². The number of rotatable bonds is 11. The van der Waals surface area contributed by atoms with Crippen LogP contribution >= 0.6 is 0 Å². The Kier molecular flexibility index (Phi) is 8.47. The predicted molar refractivity (Wildman–Crippen MR) is 162 cm³/mol. The molecule has 1 heterocycles. The molecule has 5 rings (SSSR count). The van der Waals surface area contributed by atoms with Crippen LogP contribution in [0.25, 0.3) is 10.9 Å². The molecule has 8 heteroatoms. The van der Waals surface area contributed by atoms with Crippen molar-refractivity contribution < 1.29 is 19.1 Å². The number of methoxy groups -OCH3 is 2. The van der Waals surface area contributed by atoms with Crippen molar-refractivity contribution in [3.05, 3.63) is 89.1 Å². The molecule has 0 saturated heterocycles. The van der Waals surface area contributed by atoms with E-state index in [2.05, 4.69) is 16.4 Å². The predicted octanol–water partition coefficient (Wildman–Crippen LogP) is 6.07. The summed E-state index contributed by atoms with van der Waals surface area (Å²) in [5.41, 5.74) is 5.94. The highest BCUT2D eigenvalue weighted by Crippen LogP contribution is 2.30. The van der Waals surface area contributed by atoms with Gasteiger partial charge in [0.25, 0.3) is 0 Å². The standard InChI is InChI=1S/C33H38N4O4/c1-22-8-7-9-23(2)32(22)35-33(39)37(26-13-14-26)21-31(38)36(20-24-12-15-29(40-3)30(18-24)41-4)17-16-25-19-34-28-11-6-5-10-27(25)28/h5-12,15,18-19,26,34H,13-14,16-17,20-21H2,1-4H3,(H,35,39). The summed E-state index contributed by atoms with van der Waals surface area (Å²) >= 11 is 0. The van der Waals surface area contributed by atoms with Gasteiger partial charge in [-0.1, -0.05) is 42.5 Å². The zero-order valence-corrected chi connectivity index (χ0v) is 24.2. The monoisotopic (exact) mass is 554 g/mol. The van der Waals surface area contributed by atoms with Crippen LogP contribution in [0.4, 0.5) is 10.5 Å². The second kappa shape index (κ2) is 12.4. The zero-order chi connectivity index (χ0) is 28.9. The number of urea groups is 1. The SMILES string of the molecule is COc1ccc(CN(CCc2c[nH]c3ccccc23)C(=O)CN(C(=O)Nc2c(C)cccc2C)C2CC2)cc1OC. The molecule has 41 heavy (non-hydrogen) atoms. The summed E-state index contributed by atoms with van der Waals surface area (Å²) in [7, 11) is 3.20. The lowest BCUT2D eigenvalue weighted by Crippen LogP contribution is -2.46. The van der Waals surface area contributed by atoms with Crippen LogP contribution in [-0.2, 0) is 17.8 Å². The van der Waals surface area contributed by atoms with Gasteiger partial charge in [0.1, 0.15) is 6.54 Å². The van der Waals surface area contributed by atoms with Gasteiger partial charge in [0, 0.05) is 41.9 Å². The summed E-state index contributed by atoms with van der Waals surface area (Å²) in [5, 5.41) is 4.23. The molecule has 3 aromatic carbocycles. The first-order valence-corrected chi connectivity index (χ1v) is 14.1. The Morgan fingerprint density at radius 1 is 0.951 bits per heavy atom. The lowest BCUT2D eigenvalue weighted by molar-refractivity contribution is -0.132. The van der Waals surface area contributed by atoms with Gasteiger partial charge in [-0.2, -0.15) is 0 Å². The number of hydrogen-bond donors (Lipinski definition) is 2. The third kappa shape index (κ3) is 6.48. The topological polar surface area (TPSA) is 86.9 Å². The third-order valence-corrected chi connectivity index (χ3v) is 7.77. The Labute approximate surface area is 241 Å². The molecular formula is C33H38N4O4. The summed E-state index contributed by atoms with van der Waals surface area (Å²) < 4.78 is 10.9. The lowest BCUT2D eigenvalue weighted by Gasteiger charge is -2.28. The first-order chi connectivity index (χ1) is 19.9. The van der Waals surface area contributed by atoms with E-state index < -0.39 is 0 Å². The minimum absolute atomic E-state index is 0.0165. The smallest absolute Gasteiger partial charge is 0.322 e. The number of aryl methyl sites for hydroxylation is 2. The van der Waals surface area contributed by atoms with Crippen LogP contribution in [0.3, 0.4) is 0 Å². The molecule has 8 nitrogen and oxygen atoms in total. The van der Waals surface area contributed by atoms with Gasteiger partial charge in [-0.15, -0.1) is 0 Å². The first kappa shape index (κ1) is 28.1. The van der Waals surface area contributed by atoms with Gasteiger partial charge >= 0.3 is 6.03 Å². The third-order valence-electron chi connectivity index (χ3n) is 7.77. The van der Waals surface area contributed by atoms with Gasteiger partial charge in [0.2, 0.25) is 5.91 Å². The van der Waals surface area contributed by atoms with Crippen LogP contribution in [0.15, 0.2) is 66.9 Å². The van der Waals surface area contributed by atoms with E-state index in [-0.39, 0.29) is 24.5 Å². The molecule has 1 aliphatic rings. The second-order valence-electron chi connectivity index (χ2n) is 10.7. The van der Waals surface area contributed by atoms with Crippen LogP contribution in [0.2, 0.25) is 0 Å². The summed E-state index contributed by atoms with van der Waals surface area (Å²) in [6, 6.07) is 19.6. The molecular weight excluding hydrogens is 516 g/mol. The number of hydrogen-bond acceptors (Lipinski definition) is 4. The fourth-order valence-electron chi connectivity index (χ4n) is 5.27. The van der Waals surface area contributed by atoms with Gasteiger partial charge in [-0.25, -0.2) is 4.79 Å². The average molecular weight is 555 g/mol. The molecule has 0 unspecified atom stereocenters. The number of nitrogens with zero attached hydrogens (tertiary/aromatic N) is 2. The fourth-order valence-corrected chi connectivity index (χ4v) is 5.27. The van der Waals surface area contributed by atoms with Gasteiger partial charge in [0.05, 0.1) is 14.2 Å². The number of para-hydroxylation sites is 2. The van der Waals surface area contributed by atoms with Crippen molar-refractivity contribution in [1.29, 1.82) is 0 Å². The minimum atomic E-state index is -0.235. The minimum Gasteiger partial charge on any atom is -0.493 e. The van der Waals surface area contributed by atoms with Crippen molar-refractivity contribution in [2.45, 2.75) is 45.7 Å². The van der Waals surface area contributed by atoms with Crippen LogP contribution < -0.4 is 14.8 Å². The molecule has 2 N–H and O–H groups in total. The van der Waals surface area contributed by atoms with Crippen LogP contribution in [0.5, 0.6) is 11.5 Å². The van der Waals surface area contributed by atoms with E-state index in [0.717, 1.165) is 51.7 Å². The van der Waals surface area contributed by atoms with Crippen molar-refractivity contribution in [1.82, 2.24) is 14.8 Å². The number of aromatic amines is 1. The van der Waals surface area contributed by atoms with Crippen LogP contribution in [0, 0.1) is 13.8 Å². The number of aromatic nitrogens is 1. The Bertz CT molecular complexity index is 1520. The van der Waals surface area contributed by atoms with Crippen LogP contribution in [-0.4, -0.2) is 60.1 Å². The zero-order valence-electron chi connectivity index (χ0n) is 24.2. The number of benzene rings is 3. The molecule has 0 spiro atoms. The fraction of sp³-hybridized carbons (Fsp3) is 0.333. The van der Waals surface area contributed by atoms with E-state index in [0.29, 0.717) is 31.0 Å². The number of ether oxygens (including phenoxy) is 2. The Balaban J connectivity index is 1.36. The Morgan fingerprint density at radius 2 is 1.68 bits per heavy atom. The van der Waals surface area contributed by atoms with Crippen molar-refractivity contribution in [3.8, 4) is 11.5 Å². The lowest BCUT2D eigenvalue weighted by atomic mass is 10.1. The van der Waals surface area contributed by atoms with E-state index in [1.165, 1.54) is 0 Å². The molecule has 1 saturated carbocycles. The molecule has 1 aromatic heterocycles. The summed E-state index contributed by atoms with van der Waals surface area (Å²) in [6.45, 7) is 4.86. The Morgan fingerprint density at radius 3 is 2.39 bits per heavy atom. The number of H-pyrrole nitrogens is 1. The molecule has 214 valence electrons. The Hall–Kier alpha value is -4.46. The number of carbonyl (C=O) groups excluding carboxylic acids is 2. The first-order valence-electron chi connectivity index (χ1n) is 14.1. The van der Waals surface area contributed by atoms with Crippen molar-refractivity contribution in [3.63, 3.8) is 0 Å².